The number of nitrogen functional groups attached to an aromatic ring is 1. The Bertz CT molecular complexity index is 447. The molecule has 2 N–H and O–H groups in total. The summed E-state index contributed by atoms with van der Waals surface area (Å²) in [5, 5.41) is 2.67. The van der Waals surface area contributed by atoms with Crippen LogP contribution >= 0.6 is 11.3 Å². The molecular weight excluding hydrogens is 208 g/mol. The summed E-state index contributed by atoms with van der Waals surface area (Å²) in [5.74, 6) is 1.74. The van der Waals surface area contributed by atoms with E-state index in [2.05, 4.69) is 28.8 Å². The molecule has 0 radical (unpaired) electrons. The lowest BCUT2D eigenvalue weighted by atomic mass is 10.2. The first-order valence-electron chi connectivity index (χ1n) is 4.70. The Labute approximate surface area is 92.2 Å². The highest BCUT2D eigenvalue weighted by Gasteiger charge is 2.06. The zero-order valence-electron chi connectivity index (χ0n) is 8.64. The van der Waals surface area contributed by atoms with Gasteiger partial charge in [-0.3, -0.25) is 0 Å². The summed E-state index contributed by atoms with van der Waals surface area (Å²) in [4.78, 5) is 12.7. The van der Waals surface area contributed by atoms with E-state index < -0.39 is 0 Å². The highest BCUT2D eigenvalue weighted by atomic mass is 32.1. The summed E-state index contributed by atoms with van der Waals surface area (Å²) >= 11 is 1.50. The number of rotatable bonds is 2. The van der Waals surface area contributed by atoms with E-state index in [0.717, 1.165) is 16.4 Å². The first kappa shape index (κ1) is 10.0. The van der Waals surface area contributed by atoms with E-state index in [1.807, 2.05) is 5.38 Å². The third-order valence-corrected chi connectivity index (χ3v) is 2.87. The van der Waals surface area contributed by atoms with Crippen LogP contribution in [0.25, 0.3) is 10.6 Å². The molecular formula is C10H12N4S. The fraction of sp³-hybridized carbons (Fsp3) is 0.300. The molecule has 5 heteroatoms. The van der Waals surface area contributed by atoms with Gasteiger partial charge in [-0.2, -0.15) is 0 Å². The van der Waals surface area contributed by atoms with Crippen LogP contribution in [0, 0.1) is 0 Å². The van der Waals surface area contributed by atoms with Crippen LogP contribution in [0.2, 0.25) is 0 Å². The van der Waals surface area contributed by atoms with Crippen molar-refractivity contribution >= 4 is 17.2 Å². The second-order valence-electron chi connectivity index (χ2n) is 3.56. The van der Waals surface area contributed by atoms with Gasteiger partial charge in [0, 0.05) is 29.3 Å². The fourth-order valence-corrected chi connectivity index (χ4v) is 1.85. The molecule has 0 aliphatic heterocycles. The van der Waals surface area contributed by atoms with Crippen molar-refractivity contribution in [2.75, 3.05) is 5.73 Å². The van der Waals surface area contributed by atoms with Crippen LogP contribution in [-0.4, -0.2) is 15.0 Å². The van der Waals surface area contributed by atoms with E-state index in [9.17, 15) is 0 Å². The average molecular weight is 220 g/mol. The number of thiazole rings is 1. The van der Waals surface area contributed by atoms with Gasteiger partial charge >= 0.3 is 0 Å². The van der Waals surface area contributed by atoms with Crippen LogP contribution in [0.3, 0.4) is 0 Å². The van der Waals surface area contributed by atoms with Crippen molar-refractivity contribution in [2.24, 2.45) is 0 Å². The van der Waals surface area contributed by atoms with Crippen LogP contribution in [0.1, 0.15) is 25.6 Å². The Balaban J connectivity index is 2.31. The number of nitrogens with two attached hydrogens (primary N) is 1. The molecule has 0 fully saturated rings. The molecule has 0 aliphatic rings. The smallest absolute Gasteiger partial charge is 0.135 e. The summed E-state index contributed by atoms with van der Waals surface area (Å²) < 4.78 is 0. The number of nitrogens with zero attached hydrogens (tertiary/aromatic N) is 3. The number of anilines is 1. The van der Waals surface area contributed by atoms with Gasteiger partial charge < -0.3 is 5.73 Å². The van der Waals surface area contributed by atoms with E-state index in [1.54, 1.807) is 12.4 Å². The molecule has 0 saturated heterocycles. The molecule has 2 aromatic rings. The zero-order valence-corrected chi connectivity index (χ0v) is 9.45. The normalized spacial score (nSPS) is 10.9. The molecule has 0 atom stereocenters. The maximum Gasteiger partial charge on any atom is 0.135 e. The standard InChI is InChI=1S/C10H12N4S/c1-6(2)9-12-3-7(4-13-9)10-14-8(11)5-15-10/h3-6H,11H2,1-2H3. The summed E-state index contributed by atoms with van der Waals surface area (Å²) in [6, 6.07) is 0. The molecule has 0 spiro atoms. The van der Waals surface area contributed by atoms with Crippen molar-refractivity contribution in [3.05, 3.63) is 23.6 Å². The average Bonchev–Trinajstić information content (AvgIpc) is 2.65. The highest BCUT2D eigenvalue weighted by Crippen LogP contribution is 2.23. The quantitative estimate of drug-likeness (QED) is 0.843. The lowest BCUT2D eigenvalue weighted by molar-refractivity contribution is 0.774. The van der Waals surface area contributed by atoms with Gasteiger partial charge in [-0.05, 0) is 0 Å². The molecule has 78 valence electrons. The minimum absolute atomic E-state index is 0.348. The molecule has 0 aromatic carbocycles. The van der Waals surface area contributed by atoms with Gasteiger partial charge in [-0.15, -0.1) is 11.3 Å². The Hall–Kier alpha value is -1.49. The number of hydrogen-bond donors (Lipinski definition) is 1. The first-order chi connectivity index (χ1) is 7.16. The molecule has 2 heterocycles. The molecule has 4 nitrogen and oxygen atoms in total. The van der Waals surface area contributed by atoms with Crippen molar-refractivity contribution in [1.82, 2.24) is 15.0 Å². The number of hydrogen-bond acceptors (Lipinski definition) is 5. The minimum Gasteiger partial charge on any atom is -0.383 e. The monoisotopic (exact) mass is 220 g/mol. The largest absolute Gasteiger partial charge is 0.383 e. The fourth-order valence-electron chi connectivity index (χ4n) is 1.17. The van der Waals surface area contributed by atoms with Crippen molar-refractivity contribution in [3.8, 4) is 10.6 Å². The second-order valence-corrected chi connectivity index (χ2v) is 4.42. The third-order valence-electron chi connectivity index (χ3n) is 1.96. The van der Waals surface area contributed by atoms with Gasteiger partial charge in [0.15, 0.2) is 0 Å². The topological polar surface area (TPSA) is 64.7 Å². The summed E-state index contributed by atoms with van der Waals surface area (Å²) in [6.45, 7) is 4.13. The third kappa shape index (κ3) is 2.12. The van der Waals surface area contributed by atoms with Crippen LogP contribution in [0.4, 0.5) is 5.82 Å². The van der Waals surface area contributed by atoms with Crippen LogP contribution in [0.5, 0.6) is 0 Å². The van der Waals surface area contributed by atoms with E-state index in [0.29, 0.717) is 11.7 Å². The van der Waals surface area contributed by atoms with Gasteiger partial charge in [-0.25, -0.2) is 15.0 Å². The molecule has 0 amide bonds. The van der Waals surface area contributed by atoms with Crippen LogP contribution in [-0.2, 0) is 0 Å². The van der Waals surface area contributed by atoms with E-state index >= 15 is 0 Å². The van der Waals surface area contributed by atoms with Gasteiger partial charge in [0.25, 0.3) is 0 Å². The minimum atomic E-state index is 0.348. The second kappa shape index (κ2) is 3.94. The van der Waals surface area contributed by atoms with Crippen molar-refractivity contribution < 1.29 is 0 Å². The molecule has 2 aromatic heterocycles. The van der Waals surface area contributed by atoms with Gasteiger partial charge in [0.2, 0.25) is 0 Å². The lowest BCUT2D eigenvalue weighted by Gasteiger charge is -2.02. The maximum absolute atomic E-state index is 5.55. The molecule has 0 aliphatic carbocycles. The van der Waals surface area contributed by atoms with Crippen LogP contribution < -0.4 is 5.73 Å². The summed E-state index contributed by atoms with van der Waals surface area (Å²) in [7, 11) is 0. The zero-order chi connectivity index (χ0) is 10.8. The predicted octanol–water partition coefficient (Wildman–Crippen LogP) is 2.31. The van der Waals surface area contributed by atoms with Gasteiger partial charge in [-0.1, -0.05) is 13.8 Å². The lowest BCUT2D eigenvalue weighted by Crippen LogP contribution is -1.96. The van der Waals surface area contributed by atoms with Crippen molar-refractivity contribution in [2.45, 2.75) is 19.8 Å². The Morgan fingerprint density at radius 3 is 2.40 bits per heavy atom. The maximum atomic E-state index is 5.55. The first-order valence-corrected chi connectivity index (χ1v) is 5.58. The van der Waals surface area contributed by atoms with Crippen LogP contribution in [0.15, 0.2) is 17.8 Å². The Morgan fingerprint density at radius 1 is 1.27 bits per heavy atom. The van der Waals surface area contributed by atoms with Gasteiger partial charge in [0.1, 0.15) is 16.6 Å². The highest BCUT2D eigenvalue weighted by molar-refractivity contribution is 7.13. The molecule has 0 unspecified atom stereocenters. The van der Waals surface area contributed by atoms with E-state index in [-0.39, 0.29) is 0 Å². The predicted molar refractivity (Wildman–Crippen MR) is 61.6 cm³/mol. The van der Waals surface area contributed by atoms with E-state index in [4.69, 9.17) is 5.73 Å². The summed E-state index contributed by atoms with van der Waals surface area (Å²) in [6.07, 6.45) is 3.58. The molecule has 0 saturated carbocycles. The SMILES string of the molecule is CC(C)c1ncc(-c2nc(N)cs2)cn1. The summed E-state index contributed by atoms with van der Waals surface area (Å²) in [5.41, 5.74) is 6.47. The van der Waals surface area contributed by atoms with Crippen molar-refractivity contribution in [3.63, 3.8) is 0 Å². The number of aromatic nitrogens is 3. The molecule has 2 rings (SSSR count). The van der Waals surface area contributed by atoms with Crippen molar-refractivity contribution in [1.29, 1.82) is 0 Å². The van der Waals surface area contributed by atoms with Gasteiger partial charge in [0.05, 0.1) is 0 Å². The van der Waals surface area contributed by atoms with E-state index in [1.165, 1.54) is 11.3 Å². The Kier molecular flexibility index (Phi) is 2.64. The Morgan fingerprint density at radius 2 is 1.93 bits per heavy atom. The molecule has 0 bridgehead atoms. The molecule has 15 heavy (non-hydrogen) atoms.